The van der Waals surface area contributed by atoms with Gasteiger partial charge in [0.05, 0.1) is 11.7 Å². The molecule has 0 aromatic carbocycles. The summed E-state index contributed by atoms with van der Waals surface area (Å²) in [5, 5.41) is 8.01. The lowest BCUT2D eigenvalue weighted by Gasteiger charge is -2.32. The first-order chi connectivity index (χ1) is 8.24. The third kappa shape index (κ3) is 2.89. The predicted molar refractivity (Wildman–Crippen MR) is 70.7 cm³/mol. The smallest absolute Gasteiger partial charge is 0.0796 e. The van der Waals surface area contributed by atoms with Crippen LogP contribution in [0.15, 0.2) is 12.3 Å². The summed E-state index contributed by atoms with van der Waals surface area (Å²) in [5.41, 5.74) is 1.20. The van der Waals surface area contributed by atoms with E-state index in [1.165, 1.54) is 37.8 Å². The molecule has 1 saturated carbocycles. The molecule has 1 aromatic heterocycles. The van der Waals surface area contributed by atoms with E-state index in [9.17, 15) is 0 Å². The summed E-state index contributed by atoms with van der Waals surface area (Å²) in [6.07, 6.45) is 8.87. The first kappa shape index (κ1) is 12.6. The van der Waals surface area contributed by atoms with Gasteiger partial charge in [-0.15, -0.1) is 0 Å². The number of nitrogens with one attached hydrogen (secondary N) is 1. The van der Waals surface area contributed by atoms with Gasteiger partial charge < -0.3 is 5.32 Å². The van der Waals surface area contributed by atoms with E-state index in [0.29, 0.717) is 6.04 Å². The first-order valence-corrected chi connectivity index (χ1v) is 6.91. The Labute approximate surface area is 105 Å². The lowest BCUT2D eigenvalue weighted by Crippen LogP contribution is -2.29. The zero-order chi connectivity index (χ0) is 12.3. The Morgan fingerprint density at radius 1 is 1.41 bits per heavy atom. The summed E-state index contributed by atoms with van der Waals surface area (Å²) >= 11 is 0. The maximum Gasteiger partial charge on any atom is 0.0796 e. The van der Waals surface area contributed by atoms with Crippen molar-refractivity contribution >= 4 is 0 Å². The van der Waals surface area contributed by atoms with E-state index in [0.717, 1.165) is 11.8 Å². The van der Waals surface area contributed by atoms with Gasteiger partial charge in [-0.2, -0.15) is 5.10 Å². The van der Waals surface area contributed by atoms with E-state index in [4.69, 9.17) is 0 Å². The van der Waals surface area contributed by atoms with Crippen LogP contribution >= 0.6 is 0 Å². The Bertz CT molecular complexity index is 337. The van der Waals surface area contributed by atoms with Gasteiger partial charge >= 0.3 is 0 Å². The van der Waals surface area contributed by atoms with Gasteiger partial charge in [-0.3, -0.25) is 4.68 Å². The molecule has 2 rings (SSSR count). The highest BCUT2D eigenvalue weighted by molar-refractivity contribution is 5.07. The molecule has 0 spiro atoms. The van der Waals surface area contributed by atoms with Gasteiger partial charge in [0, 0.05) is 13.2 Å². The van der Waals surface area contributed by atoms with E-state index in [-0.39, 0.29) is 0 Å². The molecule has 0 radical (unpaired) electrons. The minimum absolute atomic E-state index is 0.439. The summed E-state index contributed by atoms with van der Waals surface area (Å²) in [4.78, 5) is 0. The van der Waals surface area contributed by atoms with Gasteiger partial charge in [-0.25, -0.2) is 0 Å². The molecule has 0 aliphatic heterocycles. The number of rotatable bonds is 4. The van der Waals surface area contributed by atoms with Crippen LogP contribution in [0.3, 0.4) is 0 Å². The van der Waals surface area contributed by atoms with Crippen molar-refractivity contribution in [1.82, 2.24) is 15.1 Å². The molecule has 0 amide bonds. The SMILES string of the molecule is CCC1CCC(C(NC)c2ccn(C)n2)CC1. The maximum atomic E-state index is 4.55. The number of hydrogen-bond acceptors (Lipinski definition) is 2. The van der Waals surface area contributed by atoms with Crippen molar-refractivity contribution in [2.75, 3.05) is 7.05 Å². The molecule has 1 fully saturated rings. The minimum atomic E-state index is 0.439. The largest absolute Gasteiger partial charge is 0.311 e. The Hall–Kier alpha value is -0.830. The Morgan fingerprint density at radius 3 is 2.59 bits per heavy atom. The first-order valence-electron chi connectivity index (χ1n) is 6.91. The number of nitrogens with zero attached hydrogens (tertiary/aromatic N) is 2. The van der Waals surface area contributed by atoms with Crippen LogP contribution in [0, 0.1) is 11.8 Å². The van der Waals surface area contributed by atoms with Crippen LogP contribution in [0.25, 0.3) is 0 Å². The van der Waals surface area contributed by atoms with Crippen LogP contribution in [0.5, 0.6) is 0 Å². The fourth-order valence-electron chi connectivity index (χ4n) is 3.15. The molecule has 1 heterocycles. The molecule has 0 bridgehead atoms. The van der Waals surface area contributed by atoms with Gasteiger partial charge in [-0.05, 0) is 37.8 Å². The normalized spacial score (nSPS) is 27.0. The molecule has 1 aliphatic carbocycles. The molecule has 1 aliphatic rings. The van der Waals surface area contributed by atoms with Crippen molar-refractivity contribution in [1.29, 1.82) is 0 Å². The summed E-state index contributed by atoms with van der Waals surface area (Å²) in [6, 6.07) is 2.58. The fourth-order valence-corrected chi connectivity index (χ4v) is 3.15. The van der Waals surface area contributed by atoms with Crippen molar-refractivity contribution in [2.24, 2.45) is 18.9 Å². The molecule has 3 heteroatoms. The van der Waals surface area contributed by atoms with E-state index in [1.807, 2.05) is 17.9 Å². The van der Waals surface area contributed by atoms with Crippen molar-refractivity contribution in [3.8, 4) is 0 Å². The molecule has 1 atom stereocenters. The third-order valence-electron chi connectivity index (χ3n) is 4.30. The van der Waals surface area contributed by atoms with Crippen LogP contribution in [-0.4, -0.2) is 16.8 Å². The van der Waals surface area contributed by atoms with Gasteiger partial charge in [0.25, 0.3) is 0 Å². The Morgan fingerprint density at radius 2 is 2.12 bits per heavy atom. The Kier molecular flexibility index (Phi) is 4.21. The third-order valence-corrected chi connectivity index (χ3v) is 4.30. The van der Waals surface area contributed by atoms with E-state index in [1.54, 1.807) is 0 Å². The maximum absolute atomic E-state index is 4.55. The highest BCUT2D eigenvalue weighted by Gasteiger charge is 2.28. The monoisotopic (exact) mass is 235 g/mol. The van der Waals surface area contributed by atoms with E-state index in [2.05, 4.69) is 30.5 Å². The molecule has 1 N–H and O–H groups in total. The van der Waals surface area contributed by atoms with Crippen molar-refractivity contribution < 1.29 is 0 Å². The average Bonchev–Trinajstić information content (AvgIpc) is 2.78. The van der Waals surface area contributed by atoms with Gasteiger partial charge in [0.2, 0.25) is 0 Å². The predicted octanol–water partition coefficient (Wildman–Crippen LogP) is 2.90. The van der Waals surface area contributed by atoms with E-state index >= 15 is 0 Å². The molecular weight excluding hydrogens is 210 g/mol. The topological polar surface area (TPSA) is 29.9 Å². The van der Waals surface area contributed by atoms with E-state index < -0.39 is 0 Å². The van der Waals surface area contributed by atoms with Crippen LogP contribution < -0.4 is 5.32 Å². The molecule has 0 saturated heterocycles. The minimum Gasteiger partial charge on any atom is -0.311 e. The van der Waals surface area contributed by atoms with Gasteiger partial charge in [-0.1, -0.05) is 26.2 Å². The van der Waals surface area contributed by atoms with Crippen LogP contribution in [-0.2, 0) is 7.05 Å². The van der Waals surface area contributed by atoms with Crippen molar-refractivity contribution in [3.63, 3.8) is 0 Å². The molecular formula is C14H25N3. The highest BCUT2D eigenvalue weighted by Crippen LogP contribution is 2.37. The van der Waals surface area contributed by atoms with Crippen LogP contribution in [0.2, 0.25) is 0 Å². The second-order valence-electron chi connectivity index (χ2n) is 5.37. The number of hydrogen-bond donors (Lipinski definition) is 1. The van der Waals surface area contributed by atoms with Crippen molar-refractivity contribution in [2.45, 2.75) is 45.1 Å². The molecule has 96 valence electrons. The van der Waals surface area contributed by atoms with Crippen LogP contribution in [0.1, 0.15) is 50.8 Å². The zero-order valence-corrected chi connectivity index (χ0v) is 11.3. The standard InChI is InChI=1S/C14H25N3/c1-4-11-5-7-12(8-6-11)14(15-2)13-9-10-17(3)16-13/h9-12,14-15H,4-8H2,1-3H3. The second-order valence-corrected chi connectivity index (χ2v) is 5.37. The highest BCUT2D eigenvalue weighted by atomic mass is 15.3. The summed E-state index contributed by atoms with van der Waals surface area (Å²) in [7, 11) is 4.05. The Balaban J connectivity index is 2.00. The zero-order valence-electron chi connectivity index (χ0n) is 11.3. The van der Waals surface area contributed by atoms with Gasteiger partial charge in [0.15, 0.2) is 0 Å². The molecule has 3 nitrogen and oxygen atoms in total. The summed E-state index contributed by atoms with van der Waals surface area (Å²) in [6.45, 7) is 2.32. The molecule has 1 aromatic rings. The second kappa shape index (κ2) is 5.67. The summed E-state index contributed by atoms with van der Waals surface area (Å²) < 4.78 is 1.90. The number of aromatic nitrogens is 2. The lowest BCUT2D eigenvalue weighted by atomic mass is 9.77. The summed E-state index contributed by atoms with van der Waals surface area (Å²) in [5.74, 6) is 1.73. The number of aryl methyl sites for hydroxylation is 1. The average molecular weight is 235 g/mol. The van der Waals surface area contributed by atoms with Crippen LogP contribution in [0.4, 0.5) is 0 Å². The molecule has 1 unspecified atom stereocenters. The van der Waals surface area contributed by atoms with Gasteiger partial charge in [0.1, 0.15) is 0 Å². The van der Waals surface area contributed by atoms with Crippen molar-refractivity contribution in [3.05, 3.63) is 18.0 Å². The fraction of sp³-hybridized carbons (Fsp3) is 0.786. The quantitative estimate of drug-likeness (QED) is 0.869. The molecule has 17 heavy (non-hydrogen) atoms. The lowest BCUT2D eigenvalue weighted by molar-refractivity contribution is 0.221.